The maximum atomic E-state index is 11.0. The molecule has 0 aliphatic rings. The van der Waals surface area contributed by atoms with Crippen LogP contribution in [0.15, 0.2) is 0 Å². The molecular formula is C2H3F3O2. The van der Waals surface area contributed by atoms with Crippen molar-refractivity contribution in [1.29, 1.82) is 0 Å². The Bertz CT molecular complexity index is 48.9. The van der Waals surface area contributed by atoms with Gasteiger partial charge in [0.1, 0.15) is 0 Å². The van der Waals surface area contributed by atoms with Gasteiger partial charge in [0.2, 0.25) is 0 Å². The minimum absolute atomic E-state index is 2.01. The molecule has 0 bridgehead atoms. The van der Waals surface area contributed by atoms with Gasteiger partial charge in [-0.15, -0.1) is 0 Å². The average molecular weight is 116 g/mol. The Kier molecular flexibility index (Phi) is 2.04. The smallest absolute Gasteiger partial charge is 0.246 e. The van der Waals surface area contributed by atoms with Gasteiger partial charge in [-0.25, -0.2) is 9.65 Å². The van der Waals surface area contributed by atoms with E-state index in [1.54, 1.807) is 0 Å². The molecule has 0 radical (unpaired) electrons. The topological polar surface area (TPSA) is 29.5 Å². The van der Waals surface area contributed by atoms with Crippen molar-refractivity contribution in [2.24, 2.45) is 0 Å². The number of rotatable bonds is 2. The lowest BCUT2D eigenvalue weighted by Gasteiger charge is -2.03. The highest BCUT2D eigenvalue weighted by molar-refractivity contribution is 4.41. The van der Waals surface area contributed by atoms with Crippen molar-refractivity contribution in [3.63, 3.8) is 0 Å². The molecule has 0 saturated carbocycles. The van der Waals surface area contributed by atoms with Gasteiger partial charge in [0.25, 0.3) is 0 Å². The molecular weight excluding hydrogens is 113 g/mol. The molecule has 0 fully saturated rings. The van der Waals surface area contributed by atoms with Crippen LogP contribution >= 0.6 is 0 Å². The summed E-state index contributed by atoms with van der Waals surface area (Å²) in [5.74, 6) is 0. The molecule has 0 aromatic carbocycles. The summed E-state index contributed by atoms with van der Waals surface area (Å²) in [5.41, 5.74) is 0. The van der Waals surface area contributed by atoms with Gasteiger partial charge in [-0.1, -0.05) is 0 Å². The summed E-state index contributed by atoms with van der Waals surface area (Å²) in [6, 6.07) is 0. The van der Waals surface area contributed by atoms with Gasteiger partial charge in [-0.05, 0) is 0 Å². The molecule has 5 heteroatoms. The van der Waals surface area contributed by atoms with Crippen LogP contribution < -0.4 is 0 Å². The van der Waals surface area contributed by atoms with Gasteiger partial charge < -0.3 is 0 Å². The molecule has 1 N–H and O–H groups in total. The minimum atomic E-state index is -4.03. The fraction of sp³-hybridized carbons (Fsp3) is 1.00. The normalized spacial score (nSPS) is 12.0. The summed E-state index contributed by atoms with van der Waals surface area (Å²) in [6.45, 7) is -2.01. The van der Waals surface area contributed by atoms with Crippen molar-refractivity contribution in [2.45, 2.75) is 6.11 Å². The van der Waals surface area contributed by atoms with E-state index in [2.05, 4.69) is 4.89 Å². The van der Waals surface area contributed by atoms with E-state index in [9.17, 15) is 13.2 Å². The van der Waals surface area contributed by atoms with Crippen LogP contribution in [0, 0.1) is 0 Å². The van der Waals surface area contributed by atoms with Gasteiger partial charge in [-0.2, -0.15) is 13.7 Å². The Labute approximate surface area is 37.4 Å². The summed E-state index contributed by atoms with van der Waals surface area (Å²) in [4.78, 5) is 2.38. The van der Waals surface area contributed by atoms with Crippen molar-refractivity contribution in [1.82, 2.24) is 0 Å². The SMILES string of the molecule is OOC(F)(F)CF. The molecule has 0 saturated heterocycles. The van der Waals surface area contributed by atoms with Crippen LogP contribution in [0.2, 0.25) is 0 Å². The van der Waals surface area contributed by atoms with Gasteiger partial charge in [-0.3, -0.25) is 0 Å². The van der Waals surface area contributed by atoms with E-state index in [0.717, 1.165) is 0 Å². The quantitative estimate of drug-likeness (QED) is 0.431. The molecule has 0 amide bonds. The van der Waals surface area contributed by atoms with Crippen LogP contribution in [0.3, 0.4) is 0 Å². The van der Waals surface area contributed by atoms with E-state index >= 15 is 0 Å². The predicted octanol–water partition coefficient (Wildman–Crippen LogP) is 1.04. The first-order valence-electron chi connectivity index (χ1n) is 1.39. The number of alkyl halides is 3. The van der Waals surface area contributed by atoms with E-state index in [-0.39, 0.29) is 0 Å². The van der Waals surface area contributed by atoms with Crippen molar-refractivity contribution in [3.05, 3.63) is 0 Å². The van der Waals surface area contributed by atoms with E-state index < -0.39 is 12.8 Å². The van der Waals surface area contributed by atoms with Crippen LogP contribution in [0.1, 0.15) is 0 Å². The van der Waals surface area contributed by atoms with Crippen LogP contribution in [-0.2, 0) is 4.89 Å². The Morgan fingerprint density at radius 1 is 1.57 bits per heavy atom. The zero-order chi connectivity index (χ0) is 5.91. The second-order valence-corrected chi connectivity index (χ2v) is 0.862. The fourth-order valence-corrected chi connectivity index (χ4v) is 0.0244. The Hall–Kier alpha value is -0.290. The van der Waals surface area contributed by atoms with E-state index in [1.807, 2.05) is 0 Å². The van der Waals surface area contributed by atoms with Crippen LogP contribution in [-0.4, -0.2) is 18.0 Å². The average Bonchev–Trinajstić information content (AvgIpc) is 1.68. The third-order valence-corrected chi connectivity index (χ3v) is 0.289. The first-order chi connectivity index (χ1) is 3.12. The minimum Gasteiger partial charge on any atom is -0.246 e. The molecule has 0 aliphatic carbocycles. The van der Waals surface area contributed by atoms with Crippen molar-refractivity contribution in [2.75, 3.05) is 6.67 Å². The summed E-state index contributed by atoms with van der Waals surface area (Å²) in [6.07, 6.45) is -4.03. The van der Waals surface area contributed by atoms with Gasteiger partial charge in [0.05, 0.1) is 0 Å². The van der Waals surface area contributed by atoms with Crippen LogP contribution in [0.4, 0.5) is 13.2 Å². The fourth-order valence-electron chi connectivity index (χ4n) is 0.0244. The molecule has 44 valence electrons. The molecule has 7 heavy (non-hydrogen) atoms. The van der Waals surface area contributed by atoms with Gasteiger partial charge >= 0.3 is 6.11 Å². The lowest BCUT2D eigenvalue weighted by Crippen LogP contribution is -2.20. The molecule has 0 aromatic rings. The van der Waals surface area contributed by atoms with E-state index in [4.69, 9.17) is 5.26 Å². The van der Waals surface area contributed by atoms with Gasteiger partial charge in [0.15, 0.2) is 6.67 Å². The highest BCUT2D eigenvalue weighted by Gasteiger charge is 2.29. The van der Waals surface area contributed by atoms with E-state index in [0.29, 0.717) is 0 Å². The molecule has 2 nitrogen and oxygen atoms in total. The molecule has 0 rings (SSSR count). The highest BCUT2D eigenvalue weighted by atomic mass is 19.3. The first kappa shape index (κ1) is 6.71. The van der Waals surface area contributed by atoms with Crippen LogP contribution in [0.25, 0.3) is 0 Å². The Morgan fingerprint density at radius 2 is 2.00 bits per heavy atom. The molecule has 0 unspecified atom stereocenters. The molecule has 0 atom stereocenters. The van der Waals surface area contributed by atoms with E-state index in [1.165, 1.54) is 0 Å². The Balaban J connectivity index is 3.36. The van der Waals surface area contributed by atoms with Gasteiger partial charge in [0, 0.05) is 0 Å². The largest absolute Gasteiger partial charge is 0.408 e. The van der Waals surface area contributed by atoms with Crippen molar-refractivity contribution >= 4 is 0 Å². The standard InChI is InChI=1S/C2H3F3O2/c3-1-2(4,5)7-6/h6H,1H2. The first-order valence-corrected chi connectivity index (χ1v) is 1.39. The summed E-state index contributed by atoms with van der Waals surface area (Å²) >= 11 is 0. The third-order valence-electron chi connectivity index (χ3n) is 0.289. The van der Waals surface area contributed by atoms with Crippen molar-refractivity contribution < 1.29 is 23.3 Å². The monoisotopic (exact) mass is 116 g/mol. The summed E-state index contributed by atoms with van der Waals surface area (Å²) in [5, 5.41) is 7.10. The zero-order valence-corrected chi connectivity index (χ0v) is 3.20. The maximum Gasteiger partial charge on any atom is 0.408 e. The molecule has 0 heterocycles. The summed E-state index contributed by atoms with van der Waals surface area (Å²) < 4.78 is 32.8. The number of hydrogen-bond donors (Lipinski definition) is 1. The predicted molar refractivity (Wildman–Crippen MR) is 14.6 cm³/mol. The van der Waals surface area contributed by atoms with Crippen molar-refractivity contribution in [3.8, 4) is 0 Å². The lowest BCUT2D eigenvalue weighted by atomic mass is 10.7. The third kappa shape index (κ3) is 2.41. The second kappa shape index (κ2) is 2.13. The molecule has 0 spiro atoms. The summed E-state index contributed by atoms with van der Waals surface area (Å²) in [7, 11) is 0. The molecule has 0 aliphatic heterocycles. The Morgan fingerprint density at radius 3 is 2.00 bits per heavy atom. The highest BCUT2D eigenvalue weighted by Crippen LogP contribution is 2.12. The number of halogens is 3. The zero-order valence-electron chi connectivity index (χ0n) is 3.20. The van der Waals surface area contributed by atoms with Crippen LogP contribution in [0.5, 0.6) is 0 Å². The number of hydrogen-bond acceptors (Lipinski definition) is 2. The molecule has 0 aromatic heterocycles. The second-order valence-electron chi connectivity index (χ2n) is 0.862. The maximum absolute atomic E-state index is 11.0. The lowest BCUT2D eigenvalue weighted by molar-refractivity contribution is -0.416.